The second-order valence-corrected chi connectivity index (χ2v) is 17.1. The van der Waals surface area contributed by atoms with Gasteiger partial charge in [0.25, 0.3) is 5.91 Å². The van der Waals surface area contributed by atoms with Gasteiger partial charge in [-0.2, -0.15) is 0 Å². The number of hydrogen-bond acceptors (Lipinski definition) is 5. The first-order valence-electron chi connectivity index (χ1n) is 13.7. The maximum Gasteiger partial charge on any atom is 0.251 e. The second-order valence-electron chi connectivity index (χ2n) is 11.0. The average molecular weight is 564 g/mol. The molecule has 1 amide bonds. The van der Waals surface area contributed by atoms with Crippen LogP contribution in [0.5, 0.6) is 0 Å². The number of nitrogens with one attached hydrogen (secondary N) is 1. The number of amides is 1. The van der Waals surface area contributed by atoms with Crippen LogP contribution in [0.25, 0.3) is 22.3 Å². The Labute approximate surface area is 237 Å². The monoisotopic (exact) mass is 563 g/mol. The highest BCUT2D eigenvalue weighted by atomic mass is 35.5. The Morgan fingerprint density at radius 1 is 1.08 bits per heavy atom. The lowest BCUT2D eigenvalue weighted by molar-refractivity contribution is 0.0849. The van der Waals surface area contributed by atoms with E-state index in [9.17, 15) is 4.79 Å². The van der Waals surface area contributed by atoms with Crippen LogP contribution in [0.1, 0.15) is 41.6 Å². The number of fused-ring (bicyclic) bond motifs is 1. The average Bonchev–Trinajstić information content (AvgIpc) is 3.35. The minimum Gasteiger partial charge on any atom is -0.361 e. The molecule has 7 nitrogen and oxygen atoms in total. The molecular formula is C30H38ClN5O2Si. The fraction of sp³-hybridized carbons (Fsp3) is 0.400. The van der Waals surface area contributed by atoms with Crippen LogP contribution in [-0.4, -0.2) is 46.7 Å². The molecule has 2 aromatic carbocycles. The van der Waals surface area contributed by atoms with E-state index >= 15 is 0 Å². The van der Waals surface area contributed by atoms with Crippen molar-refractivity contribution in [2.75, 3.05) is 13.2 Å². The molecule has 9 heteroatoms. The lowest BCUT2D eigenvalue weighted by Gasteiger charge is -2.16. The number of ether oxygens (including phenoxy) is 1. The molecule has 39 heavy (non-hydrogen) atoms. The van der Waals surface area contributed by atoms with E-state index in [2.05, 4.69) is 36.9 Å². The zero-order valence-electron chi connectivity index (χ0n) is 23.3. The first-order chi connectivity index (χ1) is 18.7. The fourth-order valence-corrected chi connectivity index (χ4v) is 5.15. The van der Waals surface area contributed by atoms with E-state index in [1.165, 1.54) is 0 Å². The van der Waals surface area contributed by atoms with Gasteiger partial charge >= 0.3 is 0 Å². The number of hydrogen-bond donors (Lipinski definition) is 1. The molecule has 206 valence electrons. The van der Waals surface area contributed by atoms with E-state index in [-0.39, 0.29) is 5.91 Å². The number of carbonyl (C=O) groups excluding carboxylic acids is 1. The molecule has 1 N–H and O–H groups in total. The van der Waals surface area contributed by atoms with Crippen LogP contribution in [0.15, 0.2) is 54.9 Å². The smallest absolute Gasteiger partial charge is 0.251 e. The first-order valence-corrected chi connectivity index (χ1v) is 17.7. The Hall–Kier alpha value is -3.07. The van der Waals surface area contributed by atoms with Crippen molar-refractivity contribution in [2.45, 2.75) is 65.0 Å². The Morgan fingerprint density at radius 2 is 1.87 bits per heavy atom. The van der Waals surface area contributed by atoms with E-state index in [0.717, 1.165) is 66.3 Å². The summed E-state index contributed by atoms with van der Waals surface area (Å²) in [5, 5.41) is 4.69. The SMILES string of the molecule is CCCc1nc(-c2ccc(Cl)cc2)nc2cc(C(=O)NCCCc3nccn3COCC[Si](C)(C)C)ccc12. The zero-order valence-corrected chi connectivity index (χ0v) is 25.1. The van der Waals surface area contributed by atoms with Crippen LogP contribution in [0, 0.1) is 0 Å². The van der Waals surface area contributed by atoms with Gasteiger partial charge in [-0.3, -0.25) is 4.79 Å². The molecule has 0 aliphatic heterocycles. The van der Waals surface area contributed by atoms with Gasteiger partial charge in [-0.25, -0.2) is 15.0 Å². The molecule has 4 aromatic rings. The maximum absolute atomic E-state index is 13.0. The van der Waals surface area contributed by atoms with Crippen molar-refractivity contribution in [2.24, 2.45) is 0 Å². The standard InChI is InChI=1S/C30H38ClN5O2Si/c1-5-7-26-25-14-11-23(20-27(25)35-29(34-26)22-9-12-24(31)13-10-22)30(37)33-15-6-8-28-32-16-17-36(28)21-38-18-19-39(2,3)4/h9-14,16-17,20H,5-8,15,18-19,21H2,1-4H3,(H,33,37). The molecule has 0 radical (unpaired) electrons. The van der Waals surface area contributed by atoms with E-state index in [1.54, 1.807) is 6.20 Å². The van der Waals surface area contributed by atoms with Crippen LogP contribution in [0.2, 0.25) is 30.7 Å². The number of halogens is 1. The van der Waals surface area contributed by atoms with E-state index in [0.29, 0.717) is 29.7 Å². The summed E-state index contributed by atoms with van der Waals surface area (Å²) in [5.74, 6) is 1.50. The van der Waals surface area contributed by atoms with E-state index in [4.69, 9.17) is 26.3 Å². The van der Waals surface area contributed by atoms with Gasteiger partial charge in [-0.05, 0) is 55.3 Å². The van der Waals surface area contributed by atoms with Crippen molar-refractivity contribution in [1.29, 1.82) is 0 Å². The van der Waals surface area contributed by atoms with Crippen LogP contribution >= 0.6 is 11.6 Å². The first kappa shape index (κ1) is 28.9. The topological polar surface area (TPSA) is 81.9 Å². The second kappa shape index (κ2) is 13.3. The predicted molar refractivity (Wildman–Crippen MR) is 161 cm³/mol. The summed E-state index contributed by atoms with van der Waals surface area (Å²) < 4.78 is 7.91. The molecule has 0 aliphatic rings. The summed E-state index contributed by atoms with van der Waals surface area (Å²) in [7, 11) is -1.10. The summed E-state index contributed by atoms with van der Waals surface area (Å²) in [6.07, 6.45) is 7.11. The van der Waals surface area contributed by atoms with Crippen LogP contribution in [-0.2, 0) is 24.3 Å². The van der Waals surface area contributed by atoms with Crippen LogP contribution in [0.3, 0.4) is 0 Å². The van der Waals surface area contributed by atoms with Gasteiger partial charge in [0.2, 0.25) is 0 Å². The fourth-order valence-electron chi connectivity index (χ4n) is 4.27. The number of nitrogens with zero attached hydrogens (tertiary/aromatic N) is 4. The molecule has 0 aliphatic carbocycles. The third-order valence-corrected chi connectivity index (χ3v) is 8.47. The molecule has 2 heterocycles. The molecule has 0 fully saturated rings. The number of rotatable bonds is 13. The Kier molecular flexibility index (Phi) is 9.88. The van der Waals surface area contributed by atoms with Crippen molar-refractivity contribution in [3.8, 4) is 11.4 Å². The van der Waals surface area contributed by atoms with Crippen LogP contribution in [0.4, 0.5) is 0 Å². The predicted octanol–water partition coefficient (Wildman–Crippen LogP) is 6.77. The minimum absolute atomic E-state index is 0.112. The van der Waals surface area contributed by atoms with Gasteiger partial charge in [0.05, 0.1) is 11.2 Å². The highest BCUT2D eigenvalue weighted by Gasteiger charge is 2.14. The van der Waals surface area contributed by atoms with E-state index < -0.39 is 8.07 Å². The normalized spacial score (nSPS) is 11.7. The Morgan fingerprint density at radius 3 is 2.62 bits per heavy atom. The summed E-state index contributed by atoms with van der Waals surface area (Å²) >= 11 is 6.06. The molecule has 4 rings (SSSR count). The van der Waals surface area contributed by atoms with Gasteiger partial charge in [-0.15, -0.1) is 0 Å². The lowest BCUT2D eigenvalue weighted by atomic mass is 10.1. The number of benzene rings is 2. The van der Waals surface area contributed by atoms with Crippen LogP contribution < -0.4 is 5.32 Å². The van der Waals surface area contributed by atoms with Gasteiger partial charge in [0.1, 0.15) is 12.6 Å². The molecular weight excluding hydrogens is 526 g/mol. The third-order valence-electron chi connectivity index (χ3n) is 6.52. The summed E-state index contributed by atoms with van der Waals surface area (Å²) in [6.45, 7) is 11.0. The van der Waals surface area contributed by atoms with Crippen molar-refractivity contribution in [3.63, 3.8) is 0 Å². The zero-order chi connectivity index (χ0) is 27.8. The number of aryl methyl sites for hydroxylation is 2. The lowest BCUT2D eigenvalue weighted by Crippen LogP contribution is -2.25. The van der Waals surface area contributed by atoms with Gasteiger partial charge in [-0.1, -0.05) is 50.7 Å². The highest BCUT2D eigenvalue weighted by molar-refractivity contribution is 6.76. The quantitative estimate of drug-likeness (QED) is 0.143. The molecule has 2 aromatic heterocycles. The van der Waals surface area contributed by atoms with Crippen molar-refractivity contribution in [3.05, 3.63) is 77.0 Å². The third kappa shape index (κ3) is 8.21. The molecule has 0 saturated carbocycles. The number of carbonyl (C=O) groups is 1. The minimum atomic E-state index is -1.10. The summed E-state index contributed by atoms with van der Waals surface area (Å²) in [6, 6.07) is 14.3. The summed E-state index contributed by atoms with van der Waals surface area (Å²) in [4.78, 5) is 27.1. The van der Waals surface area contributed by atoms with E-state index in [1.807, 2.05) is 53.2 Å². The van der Waals surface area contributed by atoms with Crippen molar-refractivity contribution < 1.29 is 9.53 Å². The van der Waals surface area contributed by atoms with Gasteiger partial charge < -0.3 is 14.6 Å². The Balaban J connectivity index is 1.37. The largest absolute Gasteiger partial charge is 0.361 e. The van der Waals surface area contributed by atoms with Crippen molar-refractivity contribution in [1.82, 2.24) is 24.8 Å². The van der Waals surface area contributed by atoms with Crippen molar-refractivity contribution >= 4 is 36.5 Å². The summed E-state index contributed by atoms with van der Waals surface area (Å²) in [5.41, 5.74) is 3.23. The maximum atomic E-state index is 13.0. The molecule has 0 saturated heterocycles. The number of aromatic nitrogens is 4. The molecule has 0 atom stereocenters. The Bertz CT molecular complexity index is 1400. The number of imidazole rings is 1. The van der Waals surface area contributed by atoms with Gasteiger partial charge in [0.15, 0.2) is 5.82 Å². The van der Waals surface area contributed by atoms with Gasteiger partial charge in [0, 0.05) is 61.6 Å². The highest BCUT2D eigenvalue weighted by Crippen LogP contribution is 2.25. The molecule has 0 bridgehead atoms. The molecule has 0 unspecified atom stereocenters. The molecule has 0 spiro atoms.